The molecule has 1 aromatic carbocycles. The fourth-order valence-corrected chi connectivity index (χ4v) is 2.06. The van der Waals surface area contributed by atoms with E-state index in [9.17, 15) is 0 Å². The van der Waals surface area contributed by atoms with E-state index in [1.165, 1.54) is 11.8 Å². The van der Waals surface area contributed by atoms with Crippen LogP contribution in [0.15, 0.2) is 18.2 Å². The van der Waals surface area contributed by atoms with Crippen LogP contribution in [0.2, 0.25) is 0 Å². The van der Waals surface area contributed by atoms with Gasteiger partial charge in [0.1, 0.15) is 11.4 Å². The van der Waals surface area contributed by atoms with Crippen molar-refractivity contribution in [2.75, 3.05) is 7.11 Å². The standard InChI is InChI=1S/C14H18N4O3/c1-8-12(13(15)16)14(18(2)17-8)21-10-5-4-9(7-19)6-11(10)20-3/h4-6,19H,7H2,1-3H3,(H3,15,16). The Balaban J connectivity index is 2.45. The second-order valence-electron chi connectivity index (χ2n) is 4.55. The van der Waals surface area contributed by atoms with Crippen LogP contribution in [0.5, 0.6) is 17.4 Å². The van der Waals surface area contributed by atoms with Crippen LogP contribution in [0.3, 0.4) is 0 Å². The average molecular weight is 290 g/mol. The summed E-state index contributed by atoms with van der Waals surface area (Å²) in [6.07, 6.45) is 0. The molecule has 1 aromatic heterocycles. The lowest BCUT2D eigenvalue weighted by molar-refractivity contribution is 0.280. The maximum absolute atomic E-state index is 9.15. The molecule has 21 heavy (non-hydrogen) atoms. The molecule has 0 atom stereocenters. The number of amidine groups is 1. The summed E-state index contributed by atoms with van der Waals surface area (Å²) in [7, 11) is 3.23. The minimum Gasteiger partial charge on any atom is -0.493 e. The zero-order valence-corrected chi connectivity index (χ0v) is 12.2. The maximum atomic E-state index is 9.15. The molecule has 0 aliphatic heterocycles. The third kappa shape index (κ3) is 2.82. The van der Waals surface area contributed by atoms with Crippen LogP contribution >= 0.6 is 0 Å². The molecule has 0 amide bonds. The van der Waals surface area contributed by atoms with Crippen molar-refractivity contribution < 1.29 is 14.6 Å². The lowest BCUT2D eigenvalue weighted by Gasteiger charge is -2.12. The minimum atomic E-state index is -0.110. The molecular formula is C14H18N4O3. The number of nitrogens with two attached hydrogens (primary N) is 1. The highest BCUT2D eigenvalue weighted by Crippen LogP contribution is 2.34. The van der Waals surface area contributed by atoms with Gasteiger partial charge >= 0.3 is 0 Å². The number of aliphatic hydroxyl groups excluding tert-OH is 1. The normalized spacial score (nSPS) is 10.5. The van der Waals surface area contributed by atoms with Gasteiger partial charge in [-0.2, -0.15) is 5.10 Å². The number of aryl methyl sites for hydroxylation is 2. The van der Waals surface area contributed by atoms with Crippen molar-refractivity contribution in [2.45, 2.75) is 13.5 Å². The molecule has 0 unspecified atom stereocenters. The molecular weight excluding hydrogens is 272 g/mol. The fourth-order valence-electron chi connectivity index (χ4n) is 2.06. The Morgan fingerprint density at radius 1 is 1.43 bits per heavy atom. The summed E-state index contributed by atoms with van der Waals surface area (Å²) >= 11 is 0. The minimum absolute atomic E-state index is 0.0832. The van der Waals surface area contributed by atoms with Crippen LogP contribution in [0.4, 0.5) is 0 Å². The molecule has 0 spiro atoms. The summed E-state index contributed by atoms with van der Waals surface area (Å²) in [5.74, 6) is 1.20. The summed E-state index contributed by atoms with van der Waals surface area (Å²) in [5.41, 5.74) is 7.37. The predicted molar refractivity (Wildman–Crippen MR) is 78.0 cm³/mol. The third-order valence-electron chi connectivity index (χ3n) is 3.06. The molecule has 7 nitrogen and oxygen atoms in total. The molecule has 0 radical (unpaired) electrons. The van der Waals surface area contributed by atoms with E-state index >= 15 is 0 Å². The number of rotatable bonds is 5. The number of methoxy groups -OCH3 is 1. The number of nitrogen functional groups attached to an aromatic ring is 1. The predicted octanol–water partition coefficient (Wildman–Crippen LogP) is 1.31. The van der Waals surface area contributed by atoms with Gasteiger partial charge in [-0.3, -0.25) is 5.41 Å². The molecule has 0 fully saturated rings. The van der Waals surface area contributed by atoms with Crippen molar-refractivity contribution in [2.24, 2.45) is 12.8 Å². The average Bonchev–Trinajstić information content (AvgIpc) is 2.73. The molecule has 1 heterocycles. The van der Waals surface area contributed by atoms with Gasteiger partial charge in [0.2, 0.25) is 5.88 Å². The topological polar surface area (TPSA) is 106 Å². The summed E-state index contributed by atoms with van der Waals surface area (Å²) in [6, 6.07) is 5.11. The highest BCUT2D eigenvalue weighted by Gasteiger charge is 2.19. The Labute approximate surface area is 122 Å². The molecule has 0 saturated carbocycles. The molecule has 7 heteroatoms. The highest BCUT2D eigenvalue weighted by molar-refractivity contribution is 5.98. The number of benzene rings is 1. The van der Waals surface area contributed by atoms with Crippen LogP contribution in [0.25, 0.3) is 0 Å². The first-order valence-electron chi connectivity index (χ1n) is 6.31. The second kappa shape index (κ2) is 5.84. The third-order valence-corrected chi connectivity index (χ3v) is 3.06. The first-order chi connectivity index (χ1) is 9.97. The molecule has 0 aliphatic rings. The monoisotopic (exact) mass is 290 g/mol. The van der Waals surface area contributed by atoms with Crippen LogP contribution in [-0.2, 0) is 13.7 Å². The van der Waals surface area contributed by atoms with E-state index in [2.05, 4.69) is 5.10 Å². The maximum Gasteiger partial charge on any atom is 0.229 e. The summed E-state index contributed by atoms with van der Waals surface area (Å²) in [6.45, 7) is 1.68. The van der Waals surface area contributed by atoms with Gasteiger partial charge in [0, 0.05) is 7.05 Å². The van der Waals surface area contributed by atoms with E-state index in [-0.39, 0.29) is 12.4 Å². The van der Waals surface area contributed by atoms with Gasteiger partial charge in [0.05, 0.1) is 19.4 Å². The van der Waals surface area contributed by atoms with Gasteiger partial charge in [-0.05, 0) is 24.6 Å². The molecule has 112 valence electrons. The lowest BCUT2D eigenvalue weighted by atomic mass is 10.2. The number of nitrogens with one attached hydrogen (secondary N) is 1. The fraction of sp³-hybridized carbons (Fsp3) is 0.286. The van der Waals surface area contributed by atoms with E-state index in [1.54, 1.807) is 32.2 Å². The molecule has 2 rings (SSSR count). The van der Waals surface area contributed by atoms with Crippen molar-refractivity contribution in [3.8, 4) is 17.4 Å². The summed E-state index contributed by atoms with van der Waals surface area (Å²) in [4.78, 5) is 0. The Kier molecular flexibility index (Phi) is 4.13. The highest BCUT2D eigenvalue weighted by atomic mass is 16.5. The Morgan fingerprint density at radius 2 is 2.14 bits per heavy atom. The largest absolute Gasteiger partial charge is 0.493 e. The van der Waals surface area contributed by atoms with Crippen molar-refractivity contribution in [3.05, 3.63) is 35.0 Å². The summed E-state index contributed by atoms with van der Waals surface area (Å²) < 4.78 is 12.6. The van der Waals surface area contributed by atoms with Crippen molar-refractivity contribution in [3.63, 3.8) is 0 Å². The van der Waals surface area contributed by atoms with E-state index in [0.29, 0.717) is 34.2 Å². The lowest BCUT2D eigenvalue weighted by Crippen LogP contribution is -2.13. The number of aromatic nitrogens is 2. The van der Waals surface area contributed by atoms with Crippen molar-refractivity contribution in [1.29, 1.82) is 5.41 Å². The zero-order valence-electron chi connectivity index (χ0n) is 12.2. The van der Waals surface area contributed by atoms with Gasteiger partial charge in [0.25, 0.3) is 0 Å². The SMILES string of the molecule is COc1cc(CO)ccc1Oc1c(C(=N)N)c(C)nn1C. The van der Waals surface area contributed by atoms with Crippen LogP contribution in [0, 0.1) is 12.3 Å². The number of hydrogen-bond donors (Lipinski definition) is 3. The van der Waals surface area contributed by atoms with Crippen molar-refractivity contribution >= 4 is 5.84 Å². The number of hydrogen-bond acceptors (Lipinski definition) is 5. The first-order valence-corrected chi connectivity index (χ1v) is 6.31. The molecule has 0 bridgehead atoms. The number of ether oxygens (including phenoxy) is 2. The van der Waals surface area contributed by atoms with E-state index < -0.39 is 0 Å². The van der Waals surface area contributed by atoms with Crippen LogP contribution < -0.4 is 15.2 Å². The first kappa shape index (κ1) is 14.9. The smallest absolute Gasteiger partial charge is 0.229 e. The molecule has 0 aliphatic carbocycles. The Hall–Kier alpha value is -2.54. The van der Waals surface area contributed by atoms with Crippen molar-refractivity contribution in [1.82, 2.24) is 9.78 Å². The van der Waals surface area contributed by atoms with Gasteiger partial charge < -0.3 is 20.3 Å². The molecule has 2 aromatic rings. The summed E-state index contributed by atoms with van der Waals surface area (Å²) in [5, 5.41) is 21.0. The van der Waals surface area contributed by atoms with Gasteiger partial charge in [-0.15, -0.1) is 0 Å². The molecule has 4 N–H and O–H groups in total. The number of nitrogens with zero attached hydrogens (tertiary/aromatic N) is 2. The Morgan fingerprint density at radius 3 is 2.71 bits per heavy atom. The quantitative estimate of drug-likeness (QED) is 0.568. The number of aliphatic hydroxyl groups is 1. The molecule has 0 saturated heterocycles. The van der Waals surface area contributed by atoms with E-state index in [4.69, 9.17) is 25.7 Å². The van der Waals surface area contributed by atoms with Crippen LogP contribution in [-0.4, -0.2) is 27.8 Å². The van der Waals surface area contributed by atoms with E-state index in [0.717, 1.165) is 0 Å². The van der Waals surface area contributed by atoms with Gasteiger partial charge in [-0.1, -0.05) is 6.07 Å². The zero-order chi connectivity index (χ0) is 15.6. The van der Waals surface area contributed by atoms with Gasteiger partial charge in [-0.25, -0.2) is 4.68 Å². The second-order valence-corrected chi connectivity index (χ2v) is 4.55. The van der Waals surface area contributed by atoms with E-state index in [1.807, 2.05) is 0 Å². The Bertz CT molecular complexity index is 679. The van der Waals surface area contributed by atoms with Crippen LogP contribution in [0.1, 0.15) is 16.8 Å². The van der Waals surface area contributed by atoms with Gasteiger partial charge in [0.15, 0.2) is 11.5 Å².